The number of hydrogen-bond donors (Lipinski definition) is 1. The molecule has 0 fully saturated rings. The second kappa shape index (κ2) is 3.22. The molecule has 0 saturated heterocycles. The number of nitrogen functional groups attached to an aromatic ring is 1. The highest BCUT2D eigenvalue weighted by Crippen LogP contribution is 2.26. The van der Waals surface area contributed by atoms with E-state index < -0.39 is 0 Å². The average Bonchev–Trinajstić information content (AvgIpc) is 2.48. The van der Waals surface area contributed by atoms with E-state index in [4.69, 9.17) is 5.73 Å². The van der Waals surface area contributed by atoms with Crippen LogP contribution in [0.3, 0.4) is 0 Å². The first-order valence-corrected chi connectivity index (χ1v) is 4.66. The summed E-state index contributed by atoms with van der Waals surface area (Å²) in [6.07, 6.45) is 1.98. The van der Waals surface area contributed by atoms with E-state index in [1.54, 1.807) is 0 Å². The van der Waals surface area contributed by atoms with Crippen molar-refractivity contribution in [3.63, 3.8) is 0 Å². The van der Waals surface area contributed by atoms with E-state index in [1.807, 2.05) is 23.9 Å². The van der Waals surface area contributed by atoms with Crippen LogP contribution in [0.2, 0.25) is 0 Å². The van der Waals surface area contributed by atoms with Crippen LogP contribution >= 0.6 is 0 Å². The summed E-state index contributed by atoms with van der Waals surface area (Å²) in [7, 11) is 1.95. The quantitative estimate of drug-likeness (QED) is 0.729. The molecule has 2 heteroatoms. The summed E-state index contributed by atoms with van der Waals surface area (Å²) >= 11 is 0. The highest BCUT2D eigenvalue weighted by molar-refractivity contribution is 5.74. The van der Waals surface area contributed by atoms with Crippen molar-refractivity contribution in [1.29, 1.82) is 0 Å². The topological polar surface area (TPSA) is 30.9 Å². The Labute approximate surface area is 84.0 Å². The molecule has 1 aromatic heterocycles. The lowest BCUT2D eigenvalue weighted by atomic mass is 10.1. The van der Waals surface area contributed by atoms with Crippen LogP contribution in [-0.4, -0.2) is 4.57 Å². The molecule has 2 aromatic rings. The highest BCUT2D eigenvalue weighted by atomic mass is 15.0. The molecule has 0 saturated carbocycles. The summed E-state index contributed by atoms with van der Waals surface area (Å²) in [6, 6.07) is 10.4. The lowest BCUT2D eigenvalue weighted by Gasteiger charge is -2.03. The van der Waals surface area contributed by atoms with Crippen LogP contribution < -0.4 is 5.73 Å². The molecule has 1 aromatic carbocycles. The summed E-state index contributed by atoms with van der Waals surface area (Å²) in [6.45, 7) is 2.09. The molecule has 0 bridgehead atoms. The third-order valence-corrected chi connectivity index (χ3v) is 2.45. The maximum absolute atomic E-state index is 5.95. The Bertz CT molecular complexity index is 455. The lowest BCUT2D eigenvalue weighted by molar-refractivity contribution is 0.942. The van der Waals surface area contributed by atoms with Crippen molar-refractivity contribution in [2.75, 3.05) is 5.73 Å². The van der Waals surface area contributed by atoms with E-state index in [-0.39, 0.29) is 0 Å². The minimum atomic E-state index is 0.815. The zero-order chi connectivity index (χ0) is 10.1. The lowest BCUT2D eigenvalue weighted by Crippen LogP contribution is -1.95. The van der Waals surface area contributed by atoms with E-state index >= 15 is 0 Å². The first-order valence-electron chi connectivity index (χ1n) is 4.66. The molecule has 0 unspecified atom stereocenters. The van der Waals surface area contributed by atoms with Crippen molar-refractivity contribution >= 4 is 5.82 Å². The molecule has 0 spiro atoms. The van der Waals surface area contributed by atoms with Crippen LogP contribution in [0.15, 0.2) is 36.5 Å². The Morgan fingerprint density at radius 2 is 2.00 bits per heavy atom. The number of rotatable bonds is 1. The van der Waals surface area contributed by atoms with Gasteiger partial charge >= 0.3 is 0 Å². The largest absolute Gasteiger partial charge is 0.385 e. The van der Waals surface area contributed by atoms with Crippen LogP contribution in [0.5, 0.6) is 0 Å². The van der Waals surface area contributed by atoms with Crippen molar-refractivity contribution in [2.45, 2.75) is 6.92 Å². The van der Waals surface area contributed by atoms with E-state index in [1.165, 1.54) is 11.1 Å². The molecule has 2 N–H and O–H groups in total. The zero-order valence-corrected chi connectivity index (χ0v) is 8.49. The number of nitrogens with zero attached hydrogens (tertiary/aromatic N) is 1. The second-order valence-electron chi connectivity index (χ2n) is 3.60. The molecule has 0 atom stereocenters. The summed E-state index contributed by atoms with van der Waals surface area (Å²) in [5.74, 6) is 0.815. The van der Waals surface area contributed by atoms with Crippen molar-refractivity contribution < 1.29 is 0 Å². The van der Waals surface area contributed by atoms with Gasteiger partial charge in [-0.05, 0) is 18.6 Å². The molecule has 1 heterocycles. The van der Waals surface area contributed by atoms with Crippen molar-refractivity contribution in [2.24, 2.45) is 7.05 Å². The Hall–Kier alpha value is -1.70. The predicted octanol–water partition coefficient (Wildman–Crippen LogP) is 2.58. The fourth-order valence-electron chi connectivity index (χ4n) is 1.60. The fourth-order valence-corrected chi connectivity index (χ4v) is 1.60. The Morgan fingerprint density at radius 3 is 2.57 bits per heavy atom. The van der Waals surface area contributed by atoms with Gasteiger partial charge in [-0.3, -0.25) is 0 Å². The Balaban J connectivity index is 2.55. The van der Waals surface area contributed by atoms with Gasteiger partial charge < -0.3 is 10.3 Å². The summed E-state index contributed by atoms with van der Waals surface area (Å²) in [4.78, 5) is 0. The van der Waals surface area contributed by atoms with E-state index in [9.17, 15) is 0 Å². The van der Waals surface area contributed by atoms with Crippen molar-refractivity contribution in [3.8, 4) is 11.1 Å². The highest BCUT2D eigenvalue weighted by Gasteiger charge is 2.04. The van der Waals surface area contributed by atoms with Gasteiger partial charge in [-0.2, -0.15) is 0 Å². The van der Waals surface area contributed by atoms with Crippen molar-refractivity contribution in [1.82, 2.24) is 4.57 Å². The molecular weight excluding hydrogens is 172 g/mol. The van der Waals surface area contributed by atoms with Gasteiger partial charge in [-0.1, -0.05) is 29.8 Å². The van der Waals surface area contributed by atoms with Gasteiger partial charge in [0.25, 0.3) is 0 Å². The molecule has 72 valence electrons. The maximum atomic E-state index is 5.95. The van der Waals surface area contributed by atoms with Gasteiger partial charge in [0.1, 0.15) is 5.82 Å². The molecule has 0 aliphatic carbocycles. The standard InChI is InChI=1S/C12H14N2/c1-9-4-3-5-10(8-9)11-6-7-14(2)12(11)13/h3-8H,13H2,1-2H3. The first kappa shape index (κ1) is 8.88. The fraction of sp³-hybridized carbons (Fsp3) is 0.167. The molecule has 0 radical (unpaired) electrons. The number of benzene rings is 1. The maximum Gasteiger partial charge on any atom is 0.111 e. The third kappa shape index (κ3) is 1.39. The van der Waals surface area contributed by atoms with Crippen LogP contribution in [0, 0.1) is 6.92 Å². The molecule has 2 nitrogen and oxygen atoms in total. The van der Waals surface area contributed by atoms with Crippen LogP contribution in [0.4, 0.5) is 5.82 Å². The smallest absolute Gasteiger partial charge is 0.111 e. The summed E-state index contributed by atoms with van der Waals surface area (Å²) in [5.41, 5.74) is 9.49. The minimum absolute atomic E-state index is 0.815. The number of nitrogens with two attached hydrogens (primary N) is 1. The van der Waals surface area contributed by atoms with Crippen molar-refractivity contribution in [3.05, 3.63) is 42.1 Å². The normalized spacial score (nSPS) is 10.4. The summed E-state index contributed by atoms with van der Waals surface area (Å²) in [5, 5.41) is 0. The molecule has 0 aliphatic heterocycles. The van der Waals surface area contributed by atoms with E-state index in [0.29, 0.717) is 0 Å². The molecule has 0 aliphatic rings. The van der Waals surface area contributed by atoms with Crippen LogP contribution in [-0.2, 0) is 7.05 Å². The molecule has 0 amide bonds. The summed E-state index contributed by atoms with van der Waals surface area (Å²) < 4.78 is 1.93. The molecule has 14 heavy (non-hydrogen) atoms. The Kier molecular flexibility index (Phi) is 2.04. The van der Waals surface area contributed by atoms with Crippen LogP contribution in [0.25, 0.3) is 11.1 Å². The van der Waals surface area contributed by atoms with Gasteiger partial charge in [-0.25, -0.2) is 0 Å². The van der Waals surface area contributed by atoms with Gasteiger partial charge in [0.2, 0.25) is 0 Å². The molecular formula is C12H14N2. The first-order chi connectivity index (χ1) is 6.68. The number of aryl methyl sites for hydroxylation is 2. The SMILES string of the molecule is Cc1cccc(-c2ccn(C)c2N)c1. The van der Waals surface area contributed by atoms with Gasteiger partial charge in [0.05, 0.1) is 0 Å². The van der Waals surface area contributed by atoms with Gasteiger partial charge in [0, 0.05) is 18.8 Å². The number of aromatic nitrogens is 1. The second-order valence-corrected chi connectivity index (χ2v) is 3.60. The molecule has 2 rings (SSSR count). The number of hydrogen-bond acceptors (Lipinski definition) is 1. The Morgan fingerprint density at radius 1 is 1.21 bits per heavy atom. The average molecular weight is 186 g/mol. The number of anilines is 1. The van der Waals surface area contributed by atoms with Gasteiger partial charge in [0.15, 0.2) is 0 Å². The van der Waals surface area contributed by atoms with E-state index in [0.717, 1.165) is 11.4 Å². The van der Waals surface area contributed by atoms with Gasteiger partial charge in [-0.15, -0.1) is 0 Å². The van der Waals surface area contributed by atoms with Crippen LogP contribution in [0.1, 0.15) is 5.56 Å². The third-order valence-electron chi connectivity index (χ3n) is 2.45. The predicted molar refractivity (Wildman–Crippen MR) is 60.0 cm³/mol. The van der Waals surface area contributed by atoms with E-state index in [2.05, 4.69) is 31.2 Å². The monoisotopic (exact) mass is 186 g/mol. The zero-order valence-electron chi connectivity index (χ0n) is 8.49. The minimum Gasteiger partial charge on any atom is -0.385 e.